The fourth-order valence-electron chi connectivity index (χ4n) is 1.35. The normalized spacial score (nSPS) is 13.2. The maximum atomic E-state index is 12.5. The van der Waals surface area contributed by atoms with E-state index in [1.165, 1.54) is 0 Å². The maximum Gasteiger partial charge on any atom is 0.417 e. The number of benzene rings is 1. The summed E-state index contributed by atoms with van der Waals surface area (Å²) < 4.78 is 42.8. The Morgan fingerprint density at radius 2 is 1.95 bits per heavy atom. The van der Waals surface area contributed by atoms with Crippen molar-refractivity contribution in [3.8, 4) is 0 Å². The van der Waals surface area contributed by atoms with Gasteiger partial charge in [-0.2, -0.15) is 13.2 Å². The average Bonchev–Trinajstić information content (AvgIpc) is 2.42. The summed E-state index contributed by atoms with van der Waals surface area (Å²) in [4.78, 5) is 3.74. The largest absolute Gasteiger partial charge is 0.476 e. The molecule has 0 saturated heterocycles. The molecule has 0 amide bonds. The van der Waals surface area contributed by atoms with Crippen LogP contribution in [0.3, 0.4) is 0 Å². The van der Waals surface area contributed by atoms with Crippen molar-refractivity contribution < 1.29 is 17.9 Å². The zero-order valence-corrected chi connectivity index (χ0v) is 11.2. The first-order valence-corrected chi connectivity index (χ1v) is 6.10. The summed E-state index contributed by atoms with van der Waals surface area (Å²) in [5, 5.41) is 0. The Bertz CT molecular complexity index is 490. The van der Waals surface area contributed by atoms with Crippen LogP contribution in [0.25, 0.3) is 0 Å². The molecule has 0 N–H and O–H groups in total. The number of allylic oxidation sites excluding steroid dienone is 2. The number of halogens is 3. The molecule has 0 unspecified atom stereocenters. The van der Waals surface area contributed by atoms with Gasteiger partial charge in [-0.05, 0) is 5.56 Å². The number of alkyl halides is 3. The van der Waals surface area contributed by atoms with Crippen LogP contribution in [0.1, 0.15) is 18.9 Å². The van der Waals surface area contributed by atoms with Crippen molar-refractivity contribution in [2.75, 3.05) is 0 Å². The van der Waals surface area contributed by atoms with Crippen molar-refractivity contribution in [3.05, 3.63) is 60.3 Å². The van der Waals surface area contributed by atoms with Crippen LogP contribution in [0.15, 0.2) is 59.8 Å². The lowest BCUT2D eigenvalue weighted by molar-refractivity contribution is -0.0883. The van der Waals surface area contributed by atoms with Gasteiger partial charge in [-0.25, -0.2) is 4.99 Å². The van der Waals surface area contributed by atoms with Gasteiger partial charge in [0.25, 0.3) is 0 Å². The third-order valence-corrected chi connectivity index (χ3v) is 2.45. The zero-order chi connectivity index (χ0) is 15.0. The van der Waals surface area contributed by atoms with E-state index in [1.54, 1.807) is 6.92 Å². The highest BCUT2D eigenvalue weighted by molar-refractivity contribution is 5.76. The van der Waals surface area contributed by atoms with Gasteiger partial charge in [0.2, 0.25) is 0 Å². The van der Waals surface area contributed by atoms with Gasteiger partial charge in [0, 0.05) is 12.6 Å². The van der Waals surface area contributed by atoms with Crippen molar-refractivity contribution in [3.63, 3.8) is 0 Å². The quantitative estimate of drug-likeness (QED) is 0.438. The molecule has 0 saturated carbocycles. The first-order chi connectivity index (χ1) is 9.47. The highest BCUT2D eigenvalue weighted by atomic mass is 19.4. The molecule has 1 aromatic rings. The lowest BCUT2D eigenvalue weighted by Gasteiger charge is -2.08. The molecule has 0 aliphatic rings. The Morgan fingerprint density at radius 1 is 1.30 bits per heavy atom. The number of rotatable bonds is 5. The van der Waals surface area contributed by atoms with Gasteiger partial charge in [-0.15, -0.1) is 0 Å². The lowest BCUT2D eigenvalue weighted by Crippen LogP contribution is -2.10. The van der Waals surface area contributed by atoms with Gasteiger partial charge in [-0.3, -0.25) is 0 Å². The van der Waals surface area contributed by atoms with Gasteiger partial charge < -0.3 is 4.74 Å². The molecule has 0 aliphatic carbocycles. The van der Waals surface area contributed by atoms with Crippen LogP contribution in [0.2, 0.25) is 0 Å². The predicted molar refractivity (Wildman–Crippen MR) is 73.3 cm³/mol. The van der Waals surface area contributed by atoms with Crippen LogP contribution in [0.4, 0.5) is 13.2 Å². The third kappa shape index (κ3) is 5.30. The molecule has 108 valence electrons. The van der Waals surface area contributed by atoms with Crippen molar-refractivity contribution in [1.29, 1.82) is 0 Å². The van der Waals surface area contributed by atoms with Gasteiger partial charge in [0.05, 0.1) is 5.57 Å². The lowest BCUT2D eigenvalue weighted by atomic mass is 10.2. The van der Waals surface area contributed by atoms with Gasteiger partial charge >= 0.3 is 6.18 Å². The molecule has 5 heteroatoms. The Kier molecular flexibility index (Phi) is 6.03. The second-order valence-corrected chi connectivity index (χ2v) is 3.94. The number of hydrogen-bond acceptors (Lipinski definition) is 2. The van der Waals surface area contributed by atoms with E-state index in [1.807, 2.05) is 30.3 Å². The summed E-state index contributed by atoms with van der Waals surface area (Å²) in [6.45, 7) is 5.16. The van der Waals surface area contributed by atoms with Gasteiger partial charge in [0.15, 0.2) is 5.90 Å². The summed E-state index contributed by atoms with van der Waals surface area (Å²) in [5.41, 5.74) is 0.0316. The van der Waals surface area contributed by atoms with Crippen LogP contribution in [-0.4, -0.2) is 12.1 Å². The predicted octanol–water partition coefficient (Wildman–Crippen LogP) is 4.64. The van der Waals surface area contributed by atoms with E-state index in [4.69, 9.17) is 4.74 Å². The van der Waals surface area contributed by atoms with Gasteiger partial charge in [-0.1, -0.05) is 49.9 Å². The van der Waals surface area contributed by atoms with E-state index in [0.29, 0.717) is 6.42 Å². The summed E-state index contributed by atoms with van der Waals surface area (Å²) in [7, 11) is 0. The van der Waals surface area contributed by atoms with Crippen molar-refractivity contribution in [2.45, 2.75) is 26.1 Å². The topological polar surface area (TPSA) is 21.6 Å². The van der Waals surface area contributed by atoms with Crippen molar-refractivity contribution in [2.24, 2.45) is 4.99 Å². The number of nitrogens with zero attached hydrogens (tertiary/aromatic N) is 1. The average molecular weight is 283 g/mol. The number of ether oxygens (including phenoxy) is 1. The number of hydrogen-bond donors (Lipinski definition) is 0. The first kappa shape index (κ1) is 16.0. The summed E-state index contributed by atoms with van der Waals surface area (Å²) >= 11 is 0. The third-order valence-electron chi connectivity index (χ3n) is 2.45. The fraction of sp³-hybridized carbons (Fsp3) is 0.267. The second kappa shape index (κ2) is 7.53. The molecule has 1 rings (SSSR count). The Labute approximate surface area is 116 Å². The van der Waals surface area contributed by atoms with E-state index in [-0.39, 0.29) is 12.5 Å². The minimum atomic E-state index is -4.45. The van der Waals surface area contributed by atoms with Crippen LogP contribution >= 0.6 is 0 Å². The van der Waals surface area contributed by atoms with E-state index in [9.17, 15) is 13.2 Å². The minimum Gasteiger partial charge on any atom is -0.476 e. The molecular formula is C15H16F3NO. The summed E-state index contributed by atoms with van der Waals surface area (Å²) in [5.74, 6) is 0.248. The van der Waals surface area contributed by atoms with Crippen LogP contribution < -0.4 is 0 Å². The highest BCUT2D eigenvalue weighted by Crippen LogP contribution is 2.26. The molecule has 20 heavy (non-hydrogen) atoms. The minimum absolute atomic E-state index is 0.248. The Hall–Kier alpha value is -2.04. The molecule has 0 radical (unpaired) electrons. The molecule has 0 fully saturated rings. The standard InChI is InChI=1S/C15H16F3NO/c1-3-13(15(16,17)18)10-19-14(4-2)20-11-12-8-6-5-7-9-12/h3,5-10H,1,4,11H2,2H3/b13-10+,19-14?. The van der Waals surface area contributed by atoms with Crippen LogP contribution in [-0.2, 0) is 11.3 Å². The second-order valence-electron chi connectivity index (χ2n) is 3.94. The van der Waals surface area contributed by atoms with Gasteiger partial charge in [0.1, 0.15) is 6.61 Å². The van der Waals surface area contributed by atoms with Crippen molar-refractivity contribution in [1.82, 2.24) is 0 Å². The first-order valence-electron chi connectivity index (χ1n) is 6.10. The smallest absolute Gasteiger partial charge is 0.417 e. The fourth-order valence-corrected chi connectivity index (χ4v) is 1.35. The molecule has 2 nitrogen and oxygen atoms in total. The Morgan fingerprint density at radius 3 is 2.45 bits per heavy atom. The Balaban J connectivity index is 2.73. The van der Waals surface area contributed by atoms with E-state index in [2.05, 4.69) is 11.6 Å². The molecule has 0 aliphatic heterocycles. The van der Waals surface area contributed by atoms with E-state index in [0.717, 1.165) is 17.8 Å². The monoisotopic (exact) mass is 283 g/mol. The van der Waals surface area contributed by atoms with Crippen LogP contribution in [0, 0.1) is 0 Å². The van der Waals surface area contributed by atoms with Crippen molar-refractivity contribution >= 4 is 5.90 Å². The molecule has 1 aromatic carbocycles. The number of aliphatic imine (C=N–C) groups is 1. The summed E-state index contributed by atoms with van der Waals surface area (Å²) in [6, 6.07) is 9.34. The summed E-state index contributed by atoms with van der Waals surface area (Å²) in [6.07, 6.45) is -2.58. The zero-order valence-electron chi connectivity index (χ0n) is 11.2. The molecule has 0 aromatic heterocycles. The molecular weight excluding hydrogens is 267 g/mol. The van der Waals surface area contributed by atoms with E-state index < -0.39 is 11.7 Å². The maximum absolute atomic E-state index is 12.5. The van der Waals surface area contributed by atoms with E-state index >= 15 is 0 Å². The SMILES string of the molecule is C=C/C(=C\N=C(CC)OCc1ccccc1)C(F)(F)F. The van der Waals surface area contributed by atoms with Crippen LogP contribution in [0.5, 0.6) is 0 Å². The molecule has 0 spiro atoms. The molecule has 0 atom stereocenters. The highest BCUT2D eigenvalue weighted by Gasteiger charge is 2.31. The molecule has 0 bridgehead atoms. The molecule has 0 heterocycles.